The Morgan fingerprint density at radius 1 is 1.56 bits per heavy atom. The number of aliphatic hydroxyl groups excluding tert-OH is 1. The van der Waals surface area contributed by atoms with E-state index in [2.05, 4.69) is 0 Å². The third-order valence-corrected chi connectivity index (χ3v) is 0.920. The third kappa shape index (κ3) is 4.18. The Hall–Kier alpha value is -0.340. The third-order valence-electron chi connectivity index (χ3n) is 0.920. The van der Waals surface area contributed by atoms with Gasteiger partial charge in [-0.1, -0.05) is 11.6 Å². The Morgan fingerprint density at radius 2 is 2.00 bits per heavy atom. The fourth-order valence-corrected chi connectivity index (χ4v) is 0.668. The van der Waals surface area contributed by atoms with Crippen molar-refractivity contribution in [2.45, 2.75) is 26.4 Å². The normalized spacial score (nSPS) is 16.6. The van der Waals surface area contributed by atoms with E-state index in [4.69, 9.17) is 10.2 Å². The molecule has 0 aliphatic rings. The van der Waals surface area contributed by atoms with Crippen molar-refractivity contribution in [3.63, 3.8) is 0 Å². The summed E-state index contributed by atoms with van der Waals surface area (Å²) in [5, 5.41) is 17.7. The lowest BCUT2D eigenvalue weighted by Crippen LogP contribution is -2.25. The van der Waals surface area contributed by atoms with Crippen LogP contribution in [0.4, 0.5) is 0 Å². The van der Waals surface area contributed by atoms with Gasteiger partial charge in [-0.3, -0.25) is 0 Å². The quantitative estimate of drug-likeness (QED) is 0.540. The molecule has 0 bridgehead atoms. The van der Waals surface area contributed by atoms with Crippen LogP contribution < -0.4 is 0 Å². The second kappa shape index (κ2) is 2.99. The van der Waals surface area contributed by atoms with Crippen LogP contribution in [-0.2, 0) is 0 Å². The highest BCUT2D eigenvalue weighted by Crippen LogP contribution is 2.06. The summed E-state index contributed by atoms with van der Waals surface area (Å²) < 4.78 is 0. The van der Waals surface area contributed by atoms with Crippen LogP contribution in [0.5, 0.6) is 0 Å². The molecule has 54 valence electrons. The van der Waals surface area contributed by atoms with E-state index in [1.807, 2.05) is 13.8 Å². The minimum atomic E-state index is -1.04. The summed E-state index contributed by atoms with van der Waals surface area (Å²) in [4.78, 5) is 0. The van der Waals surface area contributed by atoms with Gasteiger partial charge in [0.15, 0.2) is 0 Å². The van der Waals surface area contributed by atoms with Crippen LogP contribution in [0.25, 0.3) is 0 Å². The molecule has 0 saturated carbocycles. The van der Waals surface area contributed by atoms with E-state index in [0.717, 1.165) is 5.57 Å². The molecule has 2 heteroatoms. The van der Waals surface area contributed by atoms with Crippen LogP contribution in [0.15, 0.2) is 11.6 Å². The summed E-state index contributed by atoms with van der Waals surface area (Å²) in [5.41, 5.74) is -0.0344. The van der Waals surface area contributed by atoms with Gasteiger partial charge in [0, 0.05) is 0 Å². The van der Waals surface area contributed by atoms with Crippen LogP contribution in [0, 0.1) is 0 Å². The smallest absolute Gasteiger partial charge is 0.103 e. The summed E-state index contributed by atoms with van der Waals surface area (Å²) in [7, 11) is 0. The van der Waals surface area contributed by atoms with E-state index < -0.39 is 5.60 Å². The summed E-state index contributed by atoms with van der Waals surface area (Å²) in [6.45, 7) is 5.10. The molecule has 0 spiro atoms. The van der Waals surface area contributed by atoms with Crippen LogP contribution in [-0.4, -0.2) is 22.4 Å². The van der Waals surface area contributed by atoms with E-state index >= 15 is 0 Å². The average molecular weight is 130 g/mol. The minimum Gasteiger partial charge on any atom is -0.393 e. The van der Waals surface area contributed by atoms with Crippen LogP contribution in [0.1, 0.15) is 20.8 Å². The predicted octanol–water partition coefficient (Wildman–Crippen LogP) is 0.696. The summed E-state index contributed by atoms with van der Waals surface area (Å²) >= 11 is 0. The molecule has 0 fully saturated rings. The highest BCUT2D eigenvalue weighted by molar-refractivity contribution is 5.04. The molecule has 0 amide bonds. The maximum absolute atomic E-state index is 9.17. The van der Waals surface area contributed by atoms with Crippen molar-refractivity contribution >= 4 is 0 Å². The molecule has 0 heterocycles. The Morgan fingerprint density at radius 3 is 2.11 bits per heavy atom. The minimum absolute atomic E-state index is 0.224. The van der Waals surface area contributed by atoms with Crippen molar-refractivity contribution in [1.82, 2.24) is 0 Å². The van der Waals surface area contributed by atoms with Gasteiger partial charge in [-0.25, -0.2) is 0 Å². The molecule has 2 N–H and O–H groups in total. The van der Waals surface area contributed by atoms with Crippen molar-refractivity contribution < 1.29 is 10.2 Å². The van der Waals surface area contributed by atoms with E-state index in [1.54, 1.807) is 13.0 Å². The number of allylic oxidation sites excluding steroid dienone is 1. The lowest BCUT2D eigenvalue weighted by Gasteiger charge is -2.15. The molecule has 1 atom stereocenters. The molecule has 2 nitrogen and oxygen atoms in total. The Bertz CT molecular complexity index is 110. The van der Waals surface area contributed by atoms with Gasteiger partial charge < -0.3 is 10.2 Å². The number of rotatable bonds is 2. The van der Waals surface area contributed by atoms with Crippen LogP contribution in [0.3, 0.4) is 0 Å². The van der Waals surface area contributed by atoms with Gasteiger partial charge in [0.05, 0.1) is 6.61 Å². The molecule has 0 saturated heterocycles. The molecule has 0 aromatic carbocycles. The molecule has 9 heavy (non-hydrogen) atoms. The molecule has 0 aliphatic heterocycles. The first-order valence-electron chi connectivity index (χ1n) is 2.97. The second-order valence-corrected chi connectivity index (χ2v) is 2.74. The molecule has 0 aromatic rings. The Balaban J connectivity index is 4.01. The standard InChI is InChI=1S/C7H14O2/c1-6(2)4-7(3,9)5-8/h4,8-9H,5H2,1-3H3. The topological polar surface area (TPSA) is 40.5 Å². The van der Waals surface area contributed by atoms with Gasteiger partial charge in [0.2, 0.25) is 0 Å². The molecule has 0 aromatic heterocycles. The molecule has 0 radical (unpaired) electrons. The van der Waals surface area contributed by atoms with E-state index in [-0.39, 0.29) is 6.61 Å². The summed E-state index contributed by atoms with van der Waals surface area (Å²) in [6.07, 6.45) is 1.63. The van der Waals surface area contributed by atoms with E-state index in [9.17, 15) is 0 Å². The molecule has 1 unspecified atom stereocenters. The van der Waals surface area contributed by atoms with Gasteiger partial charge in [-0.15, -0.1) is 0 Å². The largest absolute Gasteiger partial charge is 0.393 e. The Kier molecular flexibility index (Phi) is 2.88. The zero-order valence-electron chi connectivity index (χ0n) is 6.18. The molecular formula is C7H14O2. The van der Waals surface area contributed by atoms with E-state index in [1.165, 1.54) is 0 Å². The van der Waals surface area contributed by atoms with E-state index in [0.29, 0.717) is 0 Å². The first-order chi connectivity index (χ1) is 3.98. The van der Waals surface area contributed by atoms with Gasteiger partial charge in [0.1, 0.15) is 5.60 Å². The molecule has 0 rings (SSSR count). The monoisotopic (exact) mass is 130 g/mol. The fraction of sp³-hybridized carbons (Fsp3) is 0.714. The van der Waals surface area contributed by atoms with Crippen molar-refractivity contribution in [3.05, 3.63) is 11.6 Å². The van der Waals surface area contributed by atoms with Crippen molar-refractivity contribution in [2.75, 3.05) is 6.61 Å². The van der Waals surface area contributed by atoms with Gasteiger partial charge in [-0.2, -0.15) is 0 Å². The van der Waals surface area contributed by atoms with Gasteiger partial charge in [-0.05, 0) is 20.8 Å². The highest BCUT2D eigenvalue weighted by atomic mass is 16.3. The molecular weight excluding hydrogens is 116 g/mol. The maximum atomic E-state index is 9.17. The zero-order valence-corrected chi connectivity index (χ0v) is 6.18. The highest BCUT2D eigenvalue weighted by Gasteiger charge is 2.13. The average Bonchev–Trinajstić information content (AvgIpc) is 1.63. The number of aliphatic hydroxyl groups is 2. The van der Waals surface area contributed by atoms with Gasteiger partial charge in [0.25, 0.3) is 0 Å². The fourth-order valence-electron chi connectivity index (χ4n) is 0.668. The molecule has 0 aliphatic carbocycles. The first-order valence-corrected chi connectivity index (χ1v) is 2.97. The SMILES string of the molecule is CC(C)=CC(C)(O)CO. The summed E-state index contributed by atoms with van der Waals surface area (Å²) in [5.74, 6) is 0. The van der Waals surface area contributed by atoms with Crippen molar-refractivity contribution in [2.24, 2.45) is 0 Å². The lowest BCUT2D eigenvalue weighted by atomic mass is 10.1. The van der Waals surface area contributed by atoms with Crippen molar-refractivity contribution in [1.29, 1.82) is 0 Å². The number of hydrogen-bond donors (Lipinski definition) is 2. The summed E-state index contributed by atoms with van der Waals surface area (Å²) in [6, 6.07) is 0. The first kappa shape index (κ1) is 8.66. The van der Waals surface area contributed by atoms with Crippen LogP contribution in [0.2, 0.25) is 0 Å². The van der Waals surface area contributed by atoms with Crippen LogP contribution >= 0.6 is 0 Å². The predicted molar refractivity (Wildman–Crippen MR) is 37.1 cm³/mol. The van der Waals surface area contributed by atoms with Gasteiger partial charge >= 0.3 is 0 Å². The lowest BCUT2D eigenvalue weighted by molar-refractivity contribution is 0.0429. The Labute approximate surface area is 55.8 Å². The number of hydrogen-bond acceptors (Lipinski definition) is 2. The zero-order chi connectivity index (χ0) is 7.49. The van der Waals surface area contributed by atoms with Crippen molar-refractivity contribution in [3.8, 4) is 0 Å². The maximum Gasteiger partial charge on any atom is 0.103 e. The second-order valence-electron chi connectivity index (χ2n) is 2.74.